The molecule has 0 spiro atoms. The highest BCUT2D eigenvalue weighted by atomic mass is 32.2. The highest BCUT2D eigenvalue weighted by molar-refractivity contribution is 8.00. The molecule has 6 nitrogen and oxygen atoms in total. The zero-order valence-electron chi connectivity index (χ0n) is 16.5. The van der Waals surface area contributed by atoms with Gasteiger partial charge in [-0.15, -0.1) is 23.1 Å². The van der Waals surface area contributed by atoms with E-state index in [1.807, 2.05) is 36.4 Å². The van der Waals surface area contributed by atoms with Gasteiger partial charge in [-0.25, -0.2) is 0 Å². The van der Waals surface area contributed by atoms with Crippen LogP contribution in [0.4, 0.5) is 0 Å². The summed E-state index contributed by atoms with van der Waals surface area (Å²) < 4.78 is 0. The van der Waals surface area contributed by atoms with Gasteiger partial charge in [-0.1, -0.05) is 30.3 Å². The van der Waals surface area contributed by atoms with Crippen molar-refractivity contribution in [2.45, 2.75) is 49.4 Å². The number of fused-ring (bicyclic) bond motifs is 2. The summed E-state index contributed by atoms with van der Waals surface area (Å²) in [6.07, 6.45) is 5.49. The molecule has 1 aromatic carbocycles. The smallest absolute Gasteiger partial charge is 0.279 e. The lowest BCUT2D eigenvalue weighted by Gasteiger charge is -2.33. The topological polar surface area (TPSA) is 78.5 Å². The number of hydrazine groups is 1. The first-order chi connectivity index (χ1) is 14.6. The van der Waals surface area contributed by atoms with Crippen molar-refractivity contribution in [2.24, 2.45) is 0 Å². The minimum Gasteiger partial charge on any atom is -0.311 e. The van der Waals surface area contributed by atoms with Crippen molar-refractivity contribution in [1.29, 1.82) is 0 Å². The van der Waals surface area contributed by atoms with E-state index in [1.165, 1.54) is 21.8 Å². The lowest BCUT2D eigenvalue weighted by atomic mass is 9.99. The van der Waals surface area contributed by atoms with Crippen molar-refractivity contribution >= 4 is 40.8 Å². The second kappa shape index (κ2) is 7.74. The van der Waals surface area contributed by atoms with Crippen LogP contribution < -0.4 is 10.9 Å². The lowest BCUT2D eigenvalue weighted by molar-refractivity contribution is -0.138. The molecule has 3 aliphatic rings. The van der Waals surface area contributed by atoms with E-state index in [0.717, 1.165) is 31.2 Å². The van der Waals surface area contributed by atoms with Gasteiger partial charge >= 0.3 is 0 Å². The van der Waals surface area contributed by atoms with Crippen LogP contribution in [0.3, 0.4) is 0 Å². The summed E-state index contributed by atoms with van der Waals surface area (Å²) in [4.78, 5) is 41.3. The maximum Gasteiger partial charge on any atom is 0.279 e. The molecule has 156 valence electrons. The fourth-order valence-electron chi connectivity index (χ4n) is 4.70. The molecule has 2 N–H and O–H groups in total. The summed E-state index contributed by atoms with van der Waals surface area (Å²) in [5, 5.41) is 0. The Labute approximate surface area is 183 Å². The Hall–Kier alpha value is -2.32. The van der Waals surface area contributed by atoms with E-state index in [9.17, 15) is 14.4 Å². The number of hydrogen-bond donors (Lipinski definition) is 2. The Bertz CT molecular complexity index is 983. The molecule has 3 heterocycles. The number of aryl methyl sites for hydroxylation is 2. The molecule has 2 aliphatic heterocycles. The third-order valence-corrected chi connectivity index (χ3v) is 9.01. The minimum absolute atomic E-state index is 0.0127. The summed E-state index contributed by atoms with van der Waals surface area (Å²) in [6, 6.07) is 11.2. The Kier molecular flexibility index (Phi) is 5.06. The van der Waals surface area contributed by atoms with Crippen LogP contribution in [-0.4, -0.2) is 34.4 Å². The Morgan fingerprint density at radius 1 is 1.07 bits per heavy atom. The minimum atomic E-state index is -0.595. The van der Waals surface area contributed by atoms with E-state index in [-0.39, 0.29) is 17.7 Å². The molecule has 1 aliphatic carbocycles. The van der Waals surface area contributed by atoms with Crippen LogP contribution in [0.5, 0.6) is 0 Å². The summed E-state index contributed by atoms with van der Waals surface area (Å²) >= 11 is 3.14. The molecule has 8 heteroatoms. The van der Waals surface area contributed by atoms with Crippen LogP contribution in [0.2, 0.25) is 0 Å². The summed E-state index contributed by atoms with van der Waals surface area (Å²) in [7, 11) is 0. The highest BCUT2D eigenvalue weighted by Gasteiger charge is 2.56. The van der Waals surface area contributed by atoms with Crippen LogP contribution in [-0.2, 0) is 27.3 Å². The number of thiophene rings is 1. The largest absolute Gasteiger partial charge is 0.311 e. The van der Waals surface area contributed by atoms with Crippen LogP contribution in [0.1, 0.15) is 51.4 Å². The van der Waals surface area contributed by atoms with Gasteiger partial charge in [0.2, 0.25) is 5.91 Å². The molecule has 2 aromatic rings. The van der Waals surface area contributed by atoms with E-state index in [4.69, 9.17) is 0 Å². The number of thioether (sulfide) groups is 1. The van der Waals surface area contributed by atoms with Gasteiger partial charge in [0.05, 0.1) is 4.88 Å². The maximum atomic E-state index is 12.9. The van der Waals surface area contributed by atoms with Gasteiger partial charge in [0.15, 0.2) is 0 Å². The second-order valence-electron chi connectivity index (χ2n) is 7.95. The van der Waals surface area contributed by atoms with Crippen LogP contribution >= 0.6 is 23.1 Å². The summed E-state index contributed by atoms with van der Waals surface area (Å²) in [5.41, 5.74) is 7.42. The predicted octanol–water partition coefficient (Wildman–Crippen LogP) is 2.98. The molecule has 2 fully saturated rings. The van der Waals surface area contributed by atoms with E-state index in [0.29, 0.717) is 23.5 Å². The third kappa shape index (κ3) is 3.22. The van der Waals surface area contributed by atoms with Crippen molar-refractivity contribution in [3.8, 4) is 0 Å². The normalized spacial score (nSPS) is 25.0. The van der Waals surface area contributed by atoms with Gasteiger partial charge in [-0.2, -0.15) is 0 Å². The van der Waals surface area contributed by atoms with Gasteiger partial charge in [0, 0.05) is 17.1 Å². The quantitative estimate of drug-likeness (QED) is 0.718. The molecule has 2 atom stereocenters. The summed E-state index contributed by atoms with van der Waals surface area (Å²) in [6.45, 7) is 0. The first-order valence-corrected chi connectivity index (χ1v) is 12.1. The van der Waals surface area contributed by atoms with Crippen molar-refractivity contribution in [1.82, 2.24) is 15.8 Å². The van der Waals surface area contributed by atoms with Crippen molar-refractivity contribution < 1.29 is 14.4 Å². The Morgan fingerprint density at radius 2 is 1.87 bits per heavy atom. The second-order valence-corrected chi connectivity index (χ2v) is 10.4. The van der Waals surface area contributed by atoms with Crippen LogP contribution in [0.25, 0.3) is 0 Å². The number of nitrogens with one attached hydrogen (secondary N) is 2. The first-order valence-electron chi connectivity index (χ1n) is 10.3. The SMILES string of the molecule is O=C(NNC(=O)C1CSC2(c3ccccc3)CCC(=O)N12)c1cc2c(s1)CCCC2. The Balaban J connectivity index is 1.28. The average Bonchev–Trinajstić information content (AvgIpc) is 3.46. The molecule has 5 rings (SSSR count). The monoisotopic (exact) mass is 441 g/mol. The number of carbonyl (C=O) groups is 3. The molecule has 0 bridgehead atoms. The average molecular weight is 442 g/mol. The fourth-order valence-corrected chi connectivity index (χ4v) is 7.50. The van der Waals surface area contributed by atoms with Crippen LogP contribution in [0.15, 0.2) is 36.4 Å². The zero-order chi connectivity index (χ0) is 20.7. The molecule has 2 unspecified atom stereocenters. The van der Waals surface area contributed by atoms with Crippen LogP contribution in [0, 0.1) is 0 Å². The van der Waals surface area contributed by atoms with Crippen molar-refractivity contribution in [3.05, 3.63) is 57.3 Å². The lowest BCUT2D eigenvalue weighted by Crippen LogP contribution is -2.54. The number of nitrogens with zero attached hydrogens (tertiary/aromatic N) is 1. The Morgan fingerprint density at radius 3 is 2.67 bits per heavy atom. The predicted molar refractivity (Wildman–Crippen MR) is 117 cm³/mol. The summed E-state index contributed by atoms with van der Waals surface area (Å²) in [5.74, 6) is -0.141. The molecular weight excluding hydrogens is 418 g/mol. The van der Waals surface area contributed by atoms with E-state index in [1.54, 1.807) is 16.7 Å². The van der Waals surface area contributed by atoms with E-state index >= 15 is 0 Å². The number of carbonyl (C=O) groups excluding carboxylic acids is 3. The van der Waals surface area contributed by atoms with E-state index < -0.39 is 10.9 Å². The van der Waals surface area contributed by atoms with Gasteiger partial charge in [-0.3, -0.25) is 25.2 Å². The highest BCUT2D eigenvalue weighted by Crippen LogP contribution is 2.54. The van der Waals surface area contributed by atoms with Crippen molar-refractivity contribution in [3.63, 3.8) is 0 Å². The van der Waals surface area contributed by atoms with Gasteiger partial charge in [-0.05, 0) is 49.3 Å². The van der Waals surface area contributed by atoms with Gasteiger partial charge in [0.1, 0.15) is 10.9 Å². The molecule has 2 saturated heterocycles. The number of amides is 3. The molecule has 1 aromatic heterocycles. The standard InChI is InChI=1S/C22H23N3O3S2/c26-19-10-11-22(15-7-2-1-3-8-15)25(19)16(13-29-22)20(27)23-24-21(28)18-12-14-6-4-5-9-17(14)30-18/h1-3,7-8,12,16H,4-6,9-11,13H2,(H,23,27)(H,24,28). The molecule has 30 heavy (non-hydrogen) atoms. The van der Waals surface area contributed by atoms with Crippen molar-refractivity contribution in [2.75, 3.05) is 5.75 Å². The zero-order valence-corrected chi connectivity index (χ0v) is 18.1. The maximum absolute atomic E-state index is 12.9. The number of hydrogen-bond acceptors (Lipinski definition) is 5. The number of benzene rings is 1. The molecule has 0 radical (unpaired) electrons. The molecular formula is C22H23N3O3S2. The van der Waals surface area contributed by atoms with Gasteiger partial charge in [0.25, 0.3) is 11.8 Å². The number of rotatable bonds is 3. The van der Waals surface area contributed by atoms with E-state index in [2.05, 4.69) is 10.9 Å². The fraction of sp³-hybridized carbons (Fsp3) is 0.409. The molecule has 0 saturated carbocycles. The molecule has 3 amide bonds. The van der Waals surface area contributed by atoms with Gasteiger partial charge < -0.3 is 4.90 Å². The third-order valence-electron chi connectivity index (χ3n) is 6.17. The first kappa shape index (κ1) is 19.6.